The van der Waals surface area contributed by atoms with Crippen molar-refractivity contribution in [2.75, 3.05) is 6.54 Å². The van der Waals surface area contributed by atoms with Gasteiger partial charge < -0.3 is 15.1 Å². The van der Waals surface area contributed by atoms with Gasteiger partial charge in [-0.2, -0.15) is 0 Å². The van der Waals surface area contributed by atoms with Crippen molar-refractivity contribution in [2.24, 2.45) is 5.41 Å². The van der Waals surface area contributed by atoms with Gasteiger partial charge in [-0.1, -0.05) is 13.8 Å². The Balaban J connectivity index is 1.86. The first-order valence-electron chi connectivity index (χ1n) is 8.24. The molecule has 0 aromatic carbocycles. The van der Waals surface area contributed by atoms with Gasteiger partial charge in [-0.3, -0.25) is 14.4 Å². The second-order valence-corrected chi connectivity index (χ2v) is 6.42. The minimum Gasteiger partial charge on any atom is -0.468 e. The van der Waals surface area contributed by atoms with Gasteiger partial charge >= 0.3 is 0 Å². The lowest BCUT2D eigenvalue weighted by atomic mass is 9.77. The van der Waals surface area contributed by atoms with Crippen molar-refractivity contribution >= 4 is 17.6 Å². The van der Waals surface area contributed by atoms with E-state index in [0.717, 1.165) is 19.3 Å². The highest BCUT2D eigenvalue weighted by atomic mass is 16.3. The number of fused-ring (bicyclic) bond motifs is 1. The highest BCUT2D eigenvalue weighted by molar-refractivity contribution is 6.10. The molecular formula is C17H22N2O4. The van der Waals surface area contributed by atoms with Crippen LogP contribution in [0.15, 0.2) is 10.7 Å². The first-order chi connectivity index (χ1) is 11.0. The SMILES string of the molecule is CCC1(CC)CNC(=O)C1NC(=O)c1coc2c1C(=O)CCC2. The summed E-state index contributed by atoms with van der Waals surface area (Å²) in [5.41, 5.74) is 0.372. The summed E-state index contributed by atoms with van der Waals surface area (Å²) in [6, 6.07) is -0.575. The zero-order chi connectivity index (χ0) is 16.6. The molecule has 0 bridgehead atoms. The first kappa shape index (κ1) is 15.8. The number of hydrogen-bond donors (Lipinski definition) is 2. The largest absolute Gasteiger partial charge is 0.468 e. The summed E-state index contributed by atoms with van der Waals surface area (Å²) in [6.07, 6.45) is 4.78. The van der Waals surface area contributed by atoms with Crippen LogP contribution in [0.2, 0.25) is 0 Å². The van der Waals surface area contributed by atoms with E-state index >= 15 is 0 Å². The maximum Gasteiger partial charge on any atom is 0.255 e. The Kier molecular flexibility index (Phi) is 4.00. The maximum atomic E-state index is 12.6. The van der Waals surface area contributed by atoms with Gasteiger partial charge in [0.1, 0.15) is 18.1 Å². The fraction of sp³-hybridized carbons (Fsp3) is 0.588. The van der Waals surface area contributed by atoms with Crippen molar-refractivity contribution in [2.45, 2.75) is 52.0 Å². The number of carbonyl (C=O) groups is 3. The van der Waals surface area contributed by atoms with Crippen molar-refractivity contribution in [3.05, 3.63) is 23.2 Å². The van der Waals surface area contributed by atoms with Gasteiger partial charge in [0, 0.05) is 24.8 Å². The fourth-order valence-corrected chi connectivity index (χ4v) is 3.67. The number of amides is 2. The van der Waals surface area contributed by atoms with Crippen LogP contribution >= 0.6 is 0 Å². The minimum atomic E-state index is -0.575. The third-order valence-electron chi connectivity index (χ3n) is 5.37. The second kappa shape index (κ2) is 5.83. The molecule has 6 nitrogen and oxygen atoms in total. The van der Waals surface area contributed by atoms with E-state index in [0.29, 0.717) is 30.7 Å². The Morgan fingerprint density at radius 3 is 2.78 bits per heavy atom. The zero-order valence-electron chi connectivity index (χ0n) is 13.5. The molecule has 1 atom stereocenters. The summed E-state index contributed by atoms with van der Waals surface area (Å²) in [4.78, 5) is 36.9. The molecule has 124 valence electrons. The van der Waals surface area contributed by atoms with E-state index in [1.54, 1.807) is 0 Å². The highest BCUT2D eigenvalue weighted by Crippen LogP contribution is 2.34. The van der Waals surface area contributed by atoms with Gasteiger partial charge in [0.05, 0.1) is 11.1 Å². The van der Waals surface area contributed by atoms with Crippen molar-refractivity contribution in [1.82, 2.24) is 10.6 Å². The van der Waals surface area contributed by atoms with E-state index in [9.17, 15) is 14.4 Å². The molecule has 1 aromatic rings. The average Bonchev–Trinajstić information content (AvgIpc) is 3.12. The normalized spacial score (nSPS) is 22.6. The third-order valence-corrected chi connectivity index (χ3v) is 5.37. The number of Topliss-reactive ketones (excluding diaryl/α,β-unsaturated/α-hetero) is 1. The molecule has 2 heterocycles. The van der Waals surface area contributed by atoms with Crippen molar-refractivity contribution in [3.8, 4) is 0 Å². The predicted molar refractivity (Wildman–Crippen MR) is 83.3 cm³/mol. The van der Waals surface area contributed by atoms with E-state index in [2.05, 4.69) is 10.6 Å². The highest BCUT2D eigenvalue weighted by Gasteiger charge is 2.47. The third kappa shape index (κ3) is 2.46. The van der Waals surface area contributed by atoms with Gasteiger partial charge in [0.25, 0.3) is 5.91 Å². The van der Waals surface area contributed by atoms with Gasteiger partial charge in [-0.25, -0.2) is 0 Å². The molecule has 3 rings (SSSR count). The molecule has 1 unspecified atom stereocenters. The van der Waals surface area contributed by atoms with Crippen molar-refractivity contribution in [1.29, 1.82) is 0 Å². The molecule has 6 heteroatoms. The van der Waals surface area contributed by atoms with Crippen LogP contribution in [-0.4, -0.2) is 30.2 Å². The van der Waals surface area contributed by atoms with Crippen molar-refractivity contribution in [3.63, 3.8) is 0 Å². The standard InChI is InChI=1S/C17H22N2O4/c1-3-17(4-2)9-18-16(22)14(17)19-15(21)10-8-23-12-7-5-6-11(20)13(10)12/h8,14H,3-7,9H2,1-2H3,(H,18,22)(H,19,21). The quantitative estimate of drug-likeness (QED) is 0.886. The molecule has 23 heavy (non-hydrogen) atoms. The Morgan fingerprint density at radius 2 is 2.09 bits per heavy atom. The number of nitrogens with one attached hydrogen (secondary N) is 2. The number of rotatable bonds is 4. The topological polar surface area (TPSA) is 88.4 Å². The van der Waals surface area contributed by atoms with Crippen LogP contribution in [0.4, 0.5) is 0 Å². The van der Waals surface area contributed by atoms with Crippen molar-refractivity contribution < 1.29 is 18.8 Å². The predicted octanol–water partition coefficient (Wildman–Crippen LogP) is 1.83. The molecule has 2 N–H and O–H groups in total. The van der Waals surface area contributed by atoms with E-state index in [1.165, 1.54) is 6.26 Å². The Bertz CT molecular complexity index is 658. The Hall–Kier alpha value is -2.11. The number of ketones is 1. The van der Waals surface area contributed by atoms with E-state index in [1.807, 2.05) is 13.8 Å². The molecule has 2 aliphatic rings. The number of furan rings is 1. The van der Waals surface area contributed by atoms with E-state index < -0.39 is 11.9 Å². The van der Waals surface area contributed by atoms with Gasteiger partial charge in [0.15, 0.2) is 5.78 Å². The lowest BCUT2D eigenvalue weighted by Gasteiger charge is -2.31. The molecule has 1 aliphatic carbocycles. The lowest BCUT2D eigenvalue weighted by Crippen LogP contribution is -2.49. The molecule has 0 radical (unpaired) electrons. The fourth-order valence-electron chi connectivity index (χ4n) is 3.67. The van der Waals surface area contributed by atoms with Crippen LogP contribution in [0.1, 0.15) is 66.0 Å². The smallest absolute Gasteiger partial charge is 0.255 e. The van der Waals surface area contributed by atoms with Crippen LogP contribution in [-0.2, 0) is 11.2 Å². The maximum absolute atomic E-state index is 12.6. The van der Waals surface area contributed by atoms with Crippen LogP contribution in [0, 0.1) is 5.41 Å². The molecule has 1 saturated heterocycles. The molecule has 0 spiro atoms. The zero-order valence-corrected chi connectivity index (χ0v) is 13.5. The molecule has 2 amide bonds. The molecule has 0 saturated carbocycles. The van der Waals surface area contributed by atoms with Crippen LogP contribution in [0.5, 0.6) is 0 Å². The van der Waals surface area contributed by atoms with Gasteiger partial charge in [-0.15, -0.1) is 0 Å². The van der Waals surface area contributed by atoms with E-state index in [-0.39, 0.29) is 22.7 Å². The lowest BCUT2D eigenvalue weighted by molar-refractivity contribution is -0.121. The molecule has 1 aromatic heterocycles. The van der Waals surface area contributed by atoms with Gasteiger partial charge in [-0.05, 0) is 19.3 Å². The first-order valence-corrected chi connectivity index (χ1v) is 8.24. The molecular weight excluding hydrogens is 296 g/mol. The Labute approximate surface area is 135 Å². The minimum absolute atomic E-state index is 0.0572. The van der Waals surface area contributed by atoms with Crippen LogP contribution in [0.3, 0.4) is 0 Å². The van der Waals surface area contributed by atoms with E-state index in [4.69, 9.17) is 4.42 Å². The summed E-state index contributed by atoms with van der Waals surface area (Å²) in [5, 5.41) is 5.67. The summed E-state index contributed by atoms with van der Waals surface area (Å²) >= 11 is 0. The number of hydrogen-bond acceptors (Lipinski definition) is 4. The van der Waals surface area contributed by atoms with Gasteiger partial charge in [0.2, 0.25) is 5.91 Å². The summed E-state index contributed by atoms with van der Waals surface area (Å²) in [5.74, 6) is -0.0397. The van der Waals surface area contributed by atoms with Crippen LogP contribution < -0.4 is 10.6 Å². The Morgan fingerprint density at radius 1 is 1.35 bits per heavy atom. The summed E-state index contributed by atoms with van der Waals surface area (Å²) < 4.78 is 5.39. The summed E-state index contributed by atoms with van der Waals surface area (Å²) in [6.45, 7) is 4.60. The average molecular weight is 318 g/mol. The number of aryl methyl sites for hydroxylation is 1. The van der Waals surface area contributed by atoms with Crippen LogP contribution in [0.25, 0.3) is 0 Å². The summed E-state index contributed by atoms with van der Waals surface area (Å²) in [7, 11) is 0. The monoisotopic (exact) mass is 318 g/mol. The molecule has 1 aliphatic heterocycles. The second-order valence-electron chi connectivity index (χ2n) is 6.42. The molecule has 1 fully saturated rings. The number of carbonyl (C=O) groups excluding carboxylic acids is 3.